The molecule has 0 radical (unpaired) electrons. The zero-order valence-corrected chi connectivity index (χ0v) is 17.2. The predicted octanol–water partition coefficient (Wildman–Crippen LogP) is 3.43. The van der Waals surface area contributed by atoms with E-state index in [0.29, 0.717) is 6.04 Å². The van der Waals surface area contributed by atoms with Crippen molar-refractivity contribution in [3.05, 3.63) is 51.1 Å². The maximum absolute atomic E-state index is 13.2. The molecule has 0 unspecified atom stereocenters. The molecule has 29 heavy (non-hydrogen) atoms. The highest BCUT2D eigenvalue weighted by Gasteiger charge is 2.34. The molecule has 2 fully saturated rings. The van der Waals surface area contributed by atoms with E-state index in [1.807, 2.05) is 11.6 Å². The minimum atomic E-state index is -0.206. The summed E-state index contributed by atoms with van der Waals surface area (Å²) in [5, 5.41) is 13.9. The van der Waals surface area contributed by atoms with Crippen LogP contribution in [-0.2, 0) is 0 Å². The standard InChI is InChI=1S/C22H28N6O/c1-14-11-15(2)19-16(12-14)13-18(22(29)23-19)20(27-9-5-6-10-27)21-24-25-26-28(21)17-7-3-4-8-17/h11-13,17,20H,3-10H2,1-2H3,(H,23,29)/t20-/m0/s1. The molecule has 0 amide bonds. The van der Waals surface area contributed by atoms with Gasteiger partial charge in [-0.25, -0.2) is 4.68 Å². The summed E-state index contributed by atoms with van der Waals surface area (Å²) < 4.78 is 2.00. The lowest BCUT2D eigenvalue weighted by Gasteiger charge is -2.27. The second-order valence-corrected chi connectivity index (χ2v) is 8.67. The van der Waals surface area contributed by atoms with E-state index in [2.05, 4.69) is 50.5 Å². The van der Waals surface area contributed by atoms with Crippen LogP contribution in [0.1, 0.15) is 73.1 Å². The number of nitrogens with zero attached hydrogens (tertiary/aromatic N) is 5. The van der Waals surface area contributed by atoms with Crippen molar-refractivity contribution in [3.63, 3.8) is 0 Å². The third-order valence-corrected chi connectivity index (χ3v) is 6.56. The first-order chi connectivity index (χ1) is 14.1. The van der Waals surface area contributed by atoms with E-state index in [1.165, 1.54) is 18.4 Å². The Morgan fingerprint density at radius 3 is 2.59 bits per heavy atom. The molecule has 2 aliphatic rings. The molecule has 152 valence electrons. The number of rotatable bonds is 4. The van der Waals surface area contributed by atoms with Gasteiger partial charge in [0.15, 0.2) is 5.82 Å². The van der Waals surface area contributed by atoms with E-state index in [9.17, 15) is 4.79 Å². The summed E-state index contributed by atoms with van der Waals surface area (Å²) in [4.78, 5) is 18.8. The highest BCUT2D eigenvalue weighted by molar-refractivity contribution is 5.83. The van der Waals surface area contributed by atoms with E-state index in [0.717, 1.165) is 66.6 Å². The Balaban J connectivity index is 1.68. The Morgan fingerprint density at radius 2 is 1.83 bits per heavy atom. The van der Waals surface area contributed by atoms with Crippen LogP contribution in [0.25, 0.3) is 10.9 Å². The first-order valence-electron chi connectivity index (χ1n) is 10.8. The van der Waals surface area contributed by atoms with Gasteiger partial charge in [-0.15, -0.1) is 5.10 Å². The molecule has 1 aliphatic carbocycles. The maximum Gasteiger partial charge on any atom is 0.253 e. The molecule has 1 aliphatic heterocycles. The molecule has 7 heteroatoms. The average molecular weight is 393 g/mol. The van der Waals surface area contributed by atoms with E-state index < -0.39 is 0 Å². The van der Waals surface area contributed by atoms with Gasteiger partial charge < -0.3 is 4.98 Å². The third kappa shape index (κ3) is 3.27. The summed E-state index contributed by atoms with van der Waals surface area (Å²) in [5.74, 6) is 0.813. The average Bonchev–Trinajstić information content (AvgIpc) is 3.46. The number of hydrogen-bond acceptors (Lipinski definition) is 5. The van der Waals surface area contributed by atoms with Crippen molar-refractivity contribution in [1.29, 1.82) is 0 Å². The highest BCUT2D eigenvalue weighted by atomic mass is 16.1. The predicted molar refractivity (Wildman–Crippen MR) is 112 cm³/mol. The first-order valence-corrected chi connectivity index (χ1v) is 10.8. The molecule has 1 atom stereocenters. The van der Waals surface area contributed by atoms with Crippen LogP contribution in [0.4, 0.5) is 0 Å². The second kappa shape index (κ2) is 7.37. The van der Waals surface area contributed by atoms with Gasteiger partial charge >= 0.3 is 0 Å². The minimum absolute atomic E-state index is 0.0395. The van der Waals surface area contributed by atoms with Gasteiger partial charge in [-0.1, -0.05) is 24.5 Å². The van der Waals surface area contributed by atoms with Crippen molar-refractivity contribution >= 4 is 10.9 Å². The van der Waals surface area contributed by atoms with Crippen LogP contribution in [0, 0.1) is 13.8 Å². The number of pyridine rings is 1. The van der Waals surface area contributed by atoms with Crippen molar-refractivity contribution in [1.82, 2.24) is 30.1 Å². The van der Waals surface area contributed by atoms with Crippen LogP contribution in [-0.4, -0.2) is 43.2 Å². The summed E-state index contributed by atoms with van der Waals surface area (Å²) in [6.07, 6.45) is 6.94. The van der Waals surface area contributed by atoms with Gasteiger partial charge in [-0.2, -0.15) is 0 Å². The van der Waals surface area contributed by atoms with Crippen LogP contribution in [0.2, 0.25) is 0 Å². The van der Waals surface area contributed by atoms with Crippen LogP contribution < -0.4 is 5.56 Å². The summed E-state index contributed by atoms with van der Waals surface area (Å²) in [6, 6.07) is 6.45. The first kappa shape index (κ1) is 18.5. The molecule has 0 spiro atoms. The Kier molecular flexibility index (Phi) is 4.70. The largest absolute Gasteiger partial charge is 0.321 e. The lowest BCUT2D eigenvalue weighted by molar-refractivity contribution is 0.256. The second-order valence-electron chi connectivity index (χ2n) is 8.67. The van der Waals surface area contributed by atoms with Crippen molar-refractivity contribution in [2.24, 2.45) is 0 Å². The summed E-state index contributed by atoms with van der Waals surface area (Å²) >= 11 is 0. The topological polar surface area (TPSA) is 79.7 Å². The van der Waals surface area contributed by atoms with E-state index in [1.54, 1.807) is 0 Å². The molecule has 1 saturated carbocycles. The third-order valence-electron chi connectivity index (χ3n) is 6.56. The number of nitrogens with one attached hydrogen (secondary N) is 1. The molecule has 0 bridgehead atoms. The fraction of sp³-hybridized carbons (Fsp3) is 0.545. The van der Waals surface area contributed by atoms with Gasteiger partial charge in [0.25, 0.3) is 5.56 Å². The van der Waals surface area contributed by atoms with Crippen LogP contribution in [0.5, 0.6) is 0 Å². The monoisotopic (exact) mass is 392 g/mol. The SMILES string of the molecule is Cc1cc(C)c2[nH]c(=O)c([C@@H](c3nnnn3C3CCCC3)N3CCCC3)cc2c1. The zero-order chi connectivity index (χ0) is 20.0. The fourth-order valence-electron chi connectivity index (χ4n) is 5.20. The Labute approximate surface area is 170 Å². The van der Waals surface area contributed by atoms with Gasteiger partial charge in [-0.05, 0) is 86.1 Å². The van der Waals surface area contributed by atoms with Crippen LogP contribution in [0.15, 0.2) is 23.0 Å². The molecule has 3 heterocycles. The molecule has 7 nitrogen and oxygen atoms in total. The number of hydrogen-bond donors (Lipinski definition) is 1. The Bertz CT molecular complexity index is 1090. The lowest BCUT2D eigenvalue weighted by atomic mass is 10.0. The number of likely N-dealkylation sites (tertiary alicyclic amines) is 1. The van der Waals surface area contributed by atoms with Crippen molar-refractivity contribution in [2.75, 3.05) is 13.1 Å². The molecule has 2 aromatic heterocycles. The lowest BCUT2D eigenvalue weighted by Crippen LogP contribution is -2.34. The number of aromatic amines is 1. The molecule has 3 aromatic rings. The van der Waals surface area contributed by atoms with Crippen molar-refractivity contribution in [3.8, 4) is 0 Å². The van der Waals surface area contributed by atoms with Crippen molar-refractivity contribution in [2.45, 2.75) is 64.5 Å². The molecular weight excluding hydrogens is 364 g/mol. The maximum atomic E-state index is 13.2. The quantitative estimate of drug-likeness (QED) is 0.736. The number of fused-ring (bicyclic) bond motifs is 1. The minimum Gasteiger partial charge on any atom is -0.321 e. The summed E-state index contributed by atoms with van der Waals surface area (Å²) in [6.45, 7) is 6.07. The molecule has 5 rings (SSSR count). The Morgan fingerprint density at radius 1 is 1.07 bits per heavy atom. The van der Waals surface area contributed by atoms with Gasteiger partial charge in [-0.3, -0.25) is 9.69 Å². The van der Waals surface area contributed by atoms with Gasteiger partial charge in [0.05, 0.1) is 11.6 Å². The van der Waals surface area contributed by atoms with E-state index in [-0.39, 0.29) is 11.6 Å². The van der Waals surface area contributed by atoms with Gasteiger partial charge in [0.2, 0.25) is 0 Å². The molecule has 1 saturated heterocycles. The fourth-order valence-corrected chi connectivity index (χ4v) is 5.20. The molecular formula is C22H28N6O. The van der Waals surface area contributed by atoms with Crippen LogP contribution >= 0.6 is 0 Å². The number of aryl methyl sites for hydroxylation is 2. The van der Waals surface area contributed by atoms with Gasteiger partial charge in [0, 0.05) is 5.56 Å². The van der Waals surface area contributed by atoms with Gasteiger partial charge in [0.1, 0.15) is 6.04 Å². The molecule has 1 aromatic carbocycles. The normalized spacial score (nSPS) is 19.4. The number of H-pyrrole nitrogens is 1. The van der Waals surface area contributed by atoms with Crippen LogP contribution in [0.3, 0.4) is 0 Å². The number of aromatic nitrogens is 5. The van der Waals surface area contributed by atoms with Crippen molar-refractivity contribution < 1.29 is 0 Å². The van der Waals surface area contributed by atoms with E-state index in [4.69, 9.17) is 0 Å². The highest BCUT2D eigenvalue weighted by Crippen LogP contribution is 2.35. The van der Waals surface area contributed by atoms with E-state index >= 15 is 0 Å². The summed E-state index contributed by atoms with van der Waals surface area (Å²) in [7, 11) is 0. The summed E-state index contributed by atoms with van der Waals surface area (Å²) in [5.41, 5.74) is 3.92. The Hall–Kier alpha value is -2.54. The molecule has 1 N–H and O–H groups in total. The zero-order valence-electron chi connectivity index (χ0n) is 17.2. The number of tetrazole rings is 1. The number of benzene rings is 1. The smallest absolute Gasteiger partial charge is 0.253 e.